The molecule has 0 amide bonds. The molecule has 1 aliphatic carbocycles. The van der Waals surface area contributed by atoms with Crippen LogP contribution in [0, 0.1) is 0 Å². The van der Waals surface area contributed by atoms with Crippen molar-refractivity contribution in [2.75, 3.05) is 12.5 Å². The molecule has 0 saturated carbocycles. The van der Waals surface area contributed by atoms with Crippen molar-refractivity contribution >= 4 is 31.8 Å². The van der Waals surface area contributed by atoms with Crippen LogP contribution in [-0.2, 0) is 38.2 Å². The normalized spacial score (nSPS) is 17.0. The van der Waals surface area contributed by atoms with E-state index in [-0.39, 0.29) is 0 Å². The van der Waals surface area contributed by atoms with Crippen LogP contribution in [0.1, 0.15) is 0 Å². The molecular formula is C8H8O8S2. The van der Waals surface area contributed by atoms with Crippen LogP contribution < -0.4 is 0 Å². The third-order valence-electron chi connectivity index (χ3n) is 1.49. The van der Waals surface area contributed by atoms with Crippen LogP contribution in [0.4, 0.5) is 0 Å². The fraction of sp³-hybridized carbons (Fsp3) is 0.250. The number of carbonyl (C=O) groups excluding carboxylic acids is 2. The number of hydrogen-bond acceptors (Lipinski definition) is 8. The van der Waals surface area contributed by atoms with Gasteiger partial charge in [0.2, 0.25) is 11.6 Å². The Kier molecular flexibility index (Phi) is 3.62. The van der Waals surface area contributed by atoms with Crippen LogP contribution in [0.2, 0.25) is 0 Å². The topological polar surface area (TPSA) is 121 Å². The van der Waals surface area contributed by atoms with Crippen LogP contribution in [0.3, 0.4) is 0 Å². The van der Waals surface area contributed by atoms with Crippen molar-refractivity contribution in [3.8, 4) is 0 Å². The Balaban J connectivity index is 3.01. The van der Waals surface area contributed by atoms with Crippen molar-refractivity contribution in [1.82, 2.24) is 0 Å². The summed E-state index contributed by atoms with van der Waals surface area (Å²) in [5, 5.41) is 0. The first-order valence-corrected chi connectivity index (χ1v) is 7.92. The summed E-state index contributed by atoms with van der Waals surface area (Å²) < 4.78 is 51.7. The molecule has 0 atom stereocenters. The van der Waals surface area contributed by atoms with E-state index in [4.69, 9.17) is 0 Å². The van der Waals surface area contributed by atoms with Gasteiger partial charge in [0.1, 0.15) is 0 Å². The summed E-state index contributed by atoms with van der Waals surface area (Å²) in [6, 6.07) is 0. The van der Waals surface area contributed by atoms with E-state index in [1.807, 2.05) is 0 Å². The second-order valence-corrected chi connectivity index (χ2v) is 6.47. The Labute approximate surface area is 103 Å². The molecule has 0 unspecified atom stereocenters. The fourth-order valence-electron chi connectivity index (χ4n) is 0.979. The van der Waals surface area contributed by atoms with Gasteiger partial charge in [-0.25, -0.2) is 0 Å². The molecule has 0 radical (unpaired) electrons. The summed E-state index contributed by atoms with van der Waals surface area (Å²) in [4.78, 5) is 22.7. The number of ketones is 2. The molecule has 1 rings (SSSR count). The highest BCUT2D eigenvalue weighted by Gasteiger charge is 2.27. The highest BCUT2D eigenvalue weighted by molar-refractivity contribution is 7.86. The van der Waals surface area contributed by atoms with Crippen LogP contribution >= 0.6 is 0 Å². The second kappa shape index (κ2) is 4.53. The number of hydrogen-bond donors (Lipinski definition) is 0. The predicted octanol–water partition coefficient (Wildman–Crippen LogP) is -1.14. The van der Waals surface area contributed by atoms with E-state index in [2.05, 4.69) is 8.37 Å². The first-order chi connectivity index (χ1) is 7.98. The zero-order chi connectivity index (χ0) is 14.1. The molecular weight excluding hydrogens is 288 g/mol. The SMILES string of the molecule is CS(=O)(=O)OC1=CC(=O)C(OS(C)(=O)=O)=CC1=O. The van der Waals surface area contributed by atoms with Crippen molar-refractivity contribution in [1.29, 1.82) is 0 Å². The lowest BCUT2D eigenvalue weighted by atomic mass is 10.1. The van der Waals surface area contributed by atoms with E-state index in [9.17, 15) is 26.4 Å². The van der Waals surface area contributed by atoms with Crippen molar-refractivity contribution in [3.63, 3.8) is 0 Å². The van der Waals surface area contributed by atoms with Gasteiger partial charge in [-0.05, 0) is 0 Å². The van der Waals surface area contributed by atoms with Gasteiger partial charge in [0, 0.05) is 12.2 Å². The van der Waals surface area contributed by atoms with Crippen LogP contribution in [0.5, 0.6) is 0 Å². The third kappa shape index (κ3) is 4.30. The van der Waals surface area contributed by atoms with E-state index in [1.165, 1.54) is 0 Å². The molecule has 0 aromatic carbocycles. The summed E-state index contributed by atoms with van der Waals surface area (Å²) in [5.74, 6) is -3.41. The Morgan fingerprint density at radius 2 is 1.06 bits per heavy atom. The van der Waals surface area contributed by atoms with Crippen molar-refractivity contribution < 1.29 is 34.8 Å². The molecule has 0 aromatic rings. The van der Waals surface area contributed by atoms with Gasteiger partial charge >= 0.3 is 20.2 Å². The van der Waals surface area contributed by atoms with Gasteiger partial charge in [0.15, 0.2) is 11.5 Å². The molecule has 1 aliphatic rings. The molecule has 0 aromatic heterocycles. The Bertz CT molecular complexity index is 602. The Hall–Kier alpha value is -1.68. The maximum absolute atomic E-state index is 11.4. The van der Waals surface area contributed by atoms with Gasteiger partial charge in [-0.1, -0.05) is 0 Å². The maximum atomic E-state index is 11.4. The molecule has 100 valence electrons. The lowest BCUT2D eigenvalue weighted by Gasteiger charge is -2.11. The van der Waals surface area contributed by atoms with E-state index in [1.54, 1.807) is 0 Å². The molecule has 0 fully saturated rings. The minimum Gasteiger partial charge on any atom is -0.378 e. The molecule has 0 heterocycles. The first kappa shape index (κ1) is 14.4. The number of carbonyl (C=O) groups is 2. The number of rotatable bonds is 4. The van der Waals surface area contributed by atoms with Crippen LogP contribution in [-0.4, -0.2) is 40.9 Å². The lowest BCUT2D eigenvalue weighted by molar-refractivity contribution is -0.117. The Morgan fingerprint density at radius 1 is 0.778 bits per heavy atom. The van der Waals surface area contributed by atoms with Crippen molar-refractivity contribution in [3.05, 3.63) is 23.7 Å². The van der Waals surface area contributed by atoms with Crippen LogP contribution in [0.15, 0.2) is 23.7 Å². The molecule has 18 heavy (non-hydrogen) atoms. The molecule has 10 heteroatoms. The van der Waals surface area contributed by atoms with Gasteiger partial charge in [-0.2, -0.15) is 16.8 Å². The van der Waals surface area contributed by atoms with Gasteiger partial charge in [0.05, 0.1) is 12.5 Å². The Morgan fingerprint density at radius 3 is 1.28 bits per heavy atom. The molecule has 0 bridgehead atoms. The maximum Gasteiger partial charge on any atom is 0.306 e. The van der Waals surface area contributed by atoms with Crippen molar-refractivity contribution in [2.45, 2.75) is 0 Å². The average molecular weight is 296 g/mol. The van der Waals surface area contributed by atoms with E-state index < -0.39 is 43.3 Å². The monoisotopic (exact) mass is 296 g/mol. The zero-order valence-corrected chi connectivity index (χ0v) is 10.9. The smallest absolute Gasteiger partial charge is 0.306 e. The minimum absolute atomic E-state index is 0.546. The summed E-state index contributed by atoms with van der Waals surface area (Å²) in [5.41, 5.74) is 0. The quantitative estimate of drug-likeness (QED) is 0.471. The first-order valence-electron chi connectivity index (χ1n) is 4.29. The molecule has 0 N–H and O–H groups in total. The molecule has 8 nitrogen and oxygen atoms in total. The van der Waals surface area contributed by atoms with Crippen LogP contribution in [0.25, 0.3) is 0 Å². The van der Waals surface area contributed by atoms with Gasteiger partial charge < -0.3 is 8.37 Å². The van der Waals surface area contributed by atoms with Gasteiger partial charge in [0.25, 0.3) is 0 Å². The van der Waals surface area contributed by atoms with Crippen molar-refractivity contribution in [2.24, 2.45) is 0 Å². The summed E-state index contributed by atoms with van der Waals surface area (Å²) in [7, 11) is -7.92. The molecule has 0 aliphatic heterocycles. The largest absolute Gasteiger partial charge is 0.378 e. The van der Waals surface area contributed by atoms with Gasteiger partial charge in [-0.15, -0.1) is 0 Å². The van der Waals surface area contributed by atoms with Gasteiger partial charge in [-0.3, -0.25) is 9.59 Å². The molecule has 0 spiro atoms. The van der Waals surface area contributed by atoms with E-state index in [0.29, 0.717) is 24.7 Å². The summed E-state index contributed by atoms with van der Waals surface area (Å²) in [6.45, 7) is 0. The summed E-state index contributed by atoms with van der Waals surface area (Å²) >= 11 is 0. The second-order valence-electron chi connectivity index (χ2n) is 3.32. The third-order valence-corrected chi connectivity index (χ3v) is 2.46. The zero-order valence-electron chi connectivity index (χ0n) is 9.24. The lowest BCUT2D eigenvalue weighted by Crippen LogP contribution is -2.20. The van der Waals surface area contributed by atoms with E-state index >= 15 is 0 Å². The fourth-order valence-corrected chi connectivity index (χ4v) is 1.89. The predicted molar refractivity (Wildman–Crippen MR) is 58.0 cm³/mol. The highest BCUT2D eigenvalue weighted by atomic mass is 32.2. The number of allylic oxidation sites excluding steroid dienone is 2. The highest BCUT2D eigenvalue weighted by Crippen LogP contribution is 2.16. The average Bonchev–Trinajstić information content (AvgIpc) is 2.08. The van der Waals surface area contributed by atoms with E-state index in [0.717, 1.165) is 0 Å². The summed E-state index contributed by atoms with van der Waals surface area (Å²) in [6.07, 6.45) is 2.48. The standard InChI is InChI=1S/C8H8O8S2/c1-17(11,12)15-7-3-6(10)8(4-5(7)9)16-18(2,13)14/h3-4H,1-2H3. The minimum atomic E-state index is -3.96. The molecule has 0 saturated heterocycles.